The quantitative estimate of drug-likeness (QED) is 0.562. The smallest absolute Gasteiger partial charge is 0.229 e. The van der Waals surface area contributed by atoms with Crippen molar-refractivity contribution in [2.45, 2.75) is 11.4 Å². The van der Waals surface area contributed by atoms with Gasteiger partial charge in [-0.2, -0.15) is 10.1 Å². The number of H-pyrrole nitrogens is 1. The normalized spacial score (nSPS) is 11.3. The first-order chi connectivity index (χ1) is 12.3. The van der Waals surface area contributed by atoms with Crippen molar-refractivity contribution in [3.63, 3.8) is 0 Å². The first kappa shape index (κ1) is 17.7. The van der Waals surface area contributed by atoms with Crippen LogP contribution in [0.3, 0.4) is 0 Å². The van der Waals surface area contributed by atoms with Crippen LogP contribution in [0.15, 0.2) is 41.7 Å². The van der Waals surface area contributed by atoms with E-state index >= 15 is 0 Å². The van der Waals surface area contributed by atoms with Gasteiger partial charge in [0.1, 0.15) is 5.82 Å². The molecule has 0 aliphatic carbocycles. The first-order valence-electron chi connectivity index (χ1n) is 7.33. The van der Waals surface area contributed by atoms with Crippen LogP contribution < -0.4 is 10.6 Å². The van der Waals surface area contributed by atoms with Gasteiger partial charge in [0.25, 0.3) is 0 Å². The Hall–Kier alpha value is -3.08. The van der Waals surface area contributed by atoms with Crippen molar-refractivity contribution in [2.75, 3.05) is 16.9 Å². The molecule has 0 spiro atoms. The van der Waals surface area contributed by atoms with E-state index in [0.717, 1.165) is 18.5 Å². The van der Waals surface area contributed by atoms with Crippen molar-refractivity contribution >= 4 is 27.3 Å². The molecule has 0 saturated heterocycles. The van der Waals surface area contributed by atoms with Crippen LogP contribution in [0.5, 0.6) is 0 Å². The van der Waals surface area contributed by atoms with Crippen LogP contribution >= 0.6 is 0 Å². The van der Waals surface area contributed by atoms with Crippen molar-refractivity contribution in [1.29, 1.82) is 0 Å². The van der Waals surface area contributed by atoms with Gasteiger partial charge in [0, 0.05) is 24.6 Å². The first-order valence-corrected chi connectivity index (χ1v) is 9.23. The molecule has 0 saturated carbocycles. The predicted molar refractivity (Wildman–Crippen MR) is 90.7 cm³/mol. The number of sulfone groups is 1. The maximum Gasteiger partial charge on any atom is 0.229 e. The van der Waals surface area contributed by atoms with Crippen molar-refractivity contribution in [3.8, 4) is 0 Å². The number of hydrogen-bond donors (Lipinski definition) is 3. The highest BCUT2D eigenvalue weighted by molar-refractivity contribution is 7.90. The van der Waals surface area contributed by atoms with Crippen LogP contribution in [-0.4, -0.2) is 34.8 Å². The second-order valence-corrected chi connectivity index (χ2v) is 7.40. The van der Waals surface area contributed by atoms with Crippen LogP contribution in [0.25, 0.3) is 0 Å². The summed E-state index contributed by atoms with van der Waals surface area (Å²) in [7, 11) is -3.48. The summed E-state index contributed by atoms with van der Waals surface area (Å²) in [6.45, 7) is -0.158. The van der Waals surface area contributed by atoms with E-state index in [1.807, 2.05) is 0 Å². The van der Waals surface area contributed by atoms with E-state index in [4.69, 9.17) is 0 Å². The molecule has 2 aromatic heterocycles. The van der Waals surface area contributed by atoms with Gasteiger partial charge in [-0.05, 0) is 18.2 Å². The third kappa shape index (κ3) is 4.11. The number of hydrogen-bond acceptors (Lipinski definition) is 7. The van der Waals surface area contributed by atoms with E-state index in [0.29, 0.717) is 5.69 Å². The molecule has 2 heterocycles. The van der Waals surface area contributed by atoms with Gasteiger partial charge in [0.05, 0.1) is 23.0 Å². The lowest BCUT2D eigenvalue weighted by atomic mass is 10.2. The molecular weight excluding hydrogens is 366 g/mol. The fraction of sp³-hybridized carbons (Fsp3) is 0.133. The highest BCUT2D eigenvalue weighted by Crippen LogP contribution is 2.19. The third-order valence-corrected chi connectivity index (χ3v) is 4.50. The fourth-order valence-corrected chi connectivity index (χ4v) is 2.77. The summed E-state index contributed by atoms with van der Waals surface area (Å²) in [5.74, 6) is -1.39. The van der Waals surface area contributed by atoms with Crippen molar-refractivity contribution in [2.24, 2.45) is 0 Å². The van der Waals surface area contributed by atoms with E-state index < -0.39 is 21.5 Å². The highest BCUT2D eigenvalue weighted by Gasteiger charge is 2.13. The minimum Gasteiger partial charge on any atom is -0.363 e. The molecule has 0 fully saturated rings. The Labute approximate surface area is 147 Å². The molecule has 0 radical (unpaired) electrons. The number of anilines is 3. The Morgan fingerprint density at radius 2 is 2.00 bits per heavy atom. The fourth-order valence-electron chi connectivity index (χ4n) is 2.10. The summed E-state index contributed by atoms with van der Waals surface area (Å²) in [4.78, 5) is 7.75. The largest absolute Gasteiger partial charge is 0.363 e. The average Bonchev–Trinajstić information content (AvgIpc) is 3.08. The van der Waals surface area contributed by atoms with E-state index in [2.05, 4.69) is 30.8 Å². The lowest BCUT2D eigenvalue weighted by Crippen LogP contribution is -2.09. The zero-order valence-electron chi connectivity index (χ0n) is 13.5. The Balaban J connectivity index is 1.79. The van der Waals surface area contributed by atoms with Crippen LogP contribution in [-0.2, 0) is 16.4 Å². The standard InChI is InChI=1S/C15H14F2N6O2S/c1-26(24,25)11-2-3-12(16)9(4-11)5-18-14-13(17)8-19-15(23-14)22-10-6-20-21-7-10/h2-4,6-8H,5H2,1H3,(H,20,21)(H2,18,19,22,23). The SMILES string of the molecule is CS(=O)(=O)c1ccc(F)c(CNc2nc(Nc3cn[nH]c3)ncc2F)c1. The van der Waals surface area contributed by atoms with Crippen molar-refractivity contribution in [3.05, 3.63) is 54.0 Å². The molecule has 0 aliphatic rings. The number of halogens is 2. The summed E-state index contributed by atoms with van der Waals surface area (Å²) < 4.78 is 51.0. The van der Waals surface area contributed by atoms with Crippen LogP contribution in [0.4, 0.5) is 26.2 Å². The topological polar surface area (TPSA) is 113 Å². The van der Waals surface area contributed by atoms with Gasteiger partial charge < -0.3 is 10.6 Å². The maximum absolute atomic E-state index is 13.9. The summed E-state index contributed by atoms with van der Waals surface area (Å²) in [5, 5.41) is 11.8. The molecule has 11 heteroatoms. The summed E-state index contributed by atoms with van der Waals surface area (Å²) in [6.07, 6.45) is 5.04. The lowest BCUT2D eigenvalue weighted by molar-refractivity contribution is 0.596. The van der Waals surface area contributed by atoms with Gasteiger partial charge in [0.15, 0.2) is 21.5 Å². The minimum absolute atomic E-state index is 0.0267. The van der Waals surface area contributed by atoms with Crippen molar-refractivity contribution in [1.82, 2.24) is 20.2 Å². The molecule has 0 bridgehead atoms. The van der Waals surface area contributed by atoms with E-state index in [9.17, 15) is 17.2 Å². The monoisotopic (exact) mass is 380 g/mol. The van der Waals surface area contributed by atoms with Gasteiger partial charge in [0.2, 0.25) is 5.95 Å². The second kappa shape index (κ2) is 7.04. The molecule has 3 aromatic rings. The molecule has 26 heavy (non-hydrogen) atoms. The van der Waals surface area contributed by atoms with Crippen LogP contribution in [0.1, 0.15) is 5.56 Å². The summed E-state index contributed by atoms with van der Waals surface area (Å²) >= 11 is 0. The summed E-state index contributed by atoms with van der Waals surface area (Å²) in [6, 6.07) is 3.42. The molecule has 136 valence electrons. The minimum atomic E-state index is -3.48. The number of nitrogens with zero attached hydrogens (tertiary/aromatic N) is 3. The third-order valence-electron chi connectivity index (χ3n) is 3.39. The van der Waals surface area contributed by atoms with Gasteiger partial charge >= 0.3 is 0 Å². The molecule has 0 atom stereocenters. The molecule has 3 rings (SSSR count). The Morgan fingerprint density at radius 1 is 1.19 bits per heavy atom. The van der Waals surface area contributed by atoms with E-state index in [1.165, 1.54) is 18.3 Å². The molecule has 3 N–H and O–H groups in total. The van der Waals surface area contributed by atoms with Gasteiger partial charge in [-0.3, -0.25) is 5.10 Å². The lowest BCUT2D eigenvalue weighted by Gasteiger charge is -2.10. The molecule has 0 aliphatic heterocycles. The van der Waals surface area contributed by atoms with Crippen LogP contribution in [0.2, 0.25) is 0 Å². The average molecular weight is 380 g/mol. The number of nitrogens with one attached hydrogen (secondary N) is 3. The van der Waals surface area contributed by atoms with Gasteiger partial charge in [-0.1, -0.05) is 0 Å². The predicted octanol–water partition coefficient (Wildman–Crippen LogP) is 2.24. The number of aromatic nitrogens is 4. The van der Waals surface area contributed by atoms with E-state index in [-0.39, 0.29) is 28.8 Å². The number of aromatic amines is 1. The van der Waals surface area contributed by atoms with E-state index in [1.54, 1.807) is 6.20 Å². The summed E-state index contributed by atoms with van der Waals surface area (Å²) in [5.41, 5.74) is 0.643. The van der Waals surface area contributed by atoms with Crippen molar-refractivity contribution < 1.29 is 17.2 Å². The Bertz CT molecular complexity index is 1020. The number of rotatable bonds is 6. The molecule has 0 amide bonds. The zero-order valence-corrected chi connectivity index (χ0v) is 14.3. The van der Waals surface area contributed by atoms with Crippen LogP contribution in [0, 0.1) is 11.6 Å². The Morgan fingerprint density at radius 3 is 2.69 bits per heavy atom. The maximum atomic E-state index is 13.9. The number of benzene rings is 1. The second-order valence-electron chi connectivity index (χ2n) is 5.38. The Kier molecular flexibility index (Phi) is 4.80. The highest BCUT2D eigenvalue weighted by atomic mass is 32.2. The molecule has 0 unspecified atom stereocenters. The van der Waals surface area contributed by atoms with Gasteiger partial charge in [-0.15, -0.1) is 0 Å². The molecule has 1 aromatic carbocycles. The van der Waals surface area contributed by atoms with Gasteiger partial charge in [-0.25, -0.2) is 22.2 Å². The molecular formula is C15H14F2N6O2S. The molecule has 8 nitrogen and oxygen atoms in total. The zero-order chi connectivity index (χ0) is 18.7.